The van der Waals surface area contributed by atoms with Crippen molar-refractivity contribution in [3.05, 3.63) is 52.0 Å². The summed E-state index contributed by atoms with van der Waals surface area (Å²) in [5.74, 6) is -0.497. The third-order valence-electron chi connectivity index (χ3n) is 5.85. The zero-order valence-corrected chi connectivity index (χ0v) is 21.9. The van der Waals surface area contributed by atoms with E-state index < -0.39 is 9.84 Å². The minimum Gasteiger partial charge on any atom is -0.355 e. The Hall–Kier alpha value is -1.91. The number of rotatable bonds is 8. The monoisotopic (exact) mass is 540 g/mol. The van der Waals surface area contributed by atoms with Crippen molar-refractivity contribution in [3.8, 4) is 0 Å². The highest BCUT2D eigenvalue weighted by Crippen LogP contribution is 2.35. The molecule has 0 aliphatic carbocycles. The lowest BCUT2D eigenvalue weighted by Crippen LogP contribution is -2.48. The highest BCUT2D eigenvalue weighted by Gasteiger charge is 2.21. The van der Waals surface area contributed by atoms with E-state index in [-0.39, 0.29) is 23.0 Å². The molecule has 0 bridgehead atoms. The molecule has 1 fully saturated rings. The van der Waals surface area contributed by atoms with Crippen LogP contribution in [0.1, 0.15) is 12.0 Å². The Bertz CT molecular complexity index is 1230. The molecule has 0 radical (unpaired) electrons. The van der Waals surface area contributed by atoms with Gasteiger partial charge in [0.25, 0.3) is 0 Å². The van der Waals surface area contributed by atoms with Crippen molar-refractivity contribution in [1.82, 2.24) is 15.2 Å². The number of aryl methyl sites for hydroxylation is 1. The molecule has 1 aliphatic heterocycles. The first-order chi connectivity index (χ1) is 16.2. The molecule has 182 valence electrons. The summed E-state index contributed by atoms with van der Waals surface area (Å²) >= 11 is 13.8. The summed E-state index contributed by atoms with van der Waals surface area (Å²) in [6.45, 7) is 6.67. The van der Waals surface area contributed by atoms with Crippen LogP contribution in [0.2, 0.25) is 10.0 Å². The zero-order valence-electron chi connectivity index (χ0n) is 18.8. The SMILES string of the molecule is Cc1ccc(Cl)c2sc(N3CCN(CCNC(=O)CCS(=O)(=O)c4ccc(Cl)cc4)CC3)nc12. The standard InChI is InChI=1S/C23H26Cl2N4O3S2/c1-16-2-7-19(25)22-21(16)27-23(33-22)29-13-11-28(12-14-29)10-9-26-20(30)8-15-34(31,32)18-5-3-17(24)4-6-18/h2-7H,8-15H2,1H3,(H,26,30). The molecule has 3 aromatic rings. The number of sulfone groups is 1. The van der Waals surface area contributed by atoms with E-state index >= 15 is 0 Å². The Morgan fingerprint density at radius 1 is 1.09 bits per heavy atom. The molecule has 1 amide bonds. The number of aromatic nitrogens is 1. The van der Waals surface area contributed by atoms with Gasteiger partial charge in [0.1, 0.15) is 0 Å². The van der Waals surface area contributed by atoms with E-state index in [1.807, 2.05) is 19.1 Å². The van der Waals surface area contributed by atoms with Crippen LogP contribution in [0.5, 0.6) is 0 Å². The van der Waals surface area contributed by atoms with Gasteiger partial charge >= 0.3 is 0 Å². The largest absolute Gasteiger partial charge is 0.355 e. The maximum Gasteiger partial charge on any atom is 0.221 e. The third-order valence-corrected chi connectivity index (χ3v) is 9.41. The van der Waals surface area contributed by atoms with Crippen LogP contribution in [-0.2, 0) is 14.6 Å². The van der Waals surface area contributed by atoms with Gasteiger partial charge in [0, 0.05) is 50.7 Å². The molecule has 0 atom stereocenters. The summed E-state index contributed by atoms with van der Waals surface area (Å²) in [5, 5.41) is 5.02. The predicted molar refractivity (Wildman–Crippen MR) is 139 cm³/mol. The smallest absolute Gasteiger partial charge is 0.221 e. The number of thiazole rings is 1. The second-order valence-electron chi connectivity index (χ2n) is 8.24. The average molecular weight is 542 g/mol. The number of hydrogen-bond acceptors (Lipinski definition) is 7. The molecular weight excluding hydrogens is 515 g/mol. The number of benzene rings is 2. The lowest BCUT2D eigenvalue weighted by Gasteiger charge is -2.34. The molecule has 1 N–H and O–H groups in total. The van der Waals surface area contributed by atoms with Gasteiger partial charge in [-0.1, -0.05) is 40.6 Å². The summed E-state index contributed by atoms with van der Waals surface area (Å²) in [4.78, 5) is 21.7. The van der Waals surface area contributed by atoms with Crippen LogP contribution in [0.4, 0.5) is 5.13 Å². The van der Waals surface area contributed by atoms with Gasteiger partial charge in [-0.25, -0.2) is 13.4 Å². The third kappa shape index (κ3) is 6.01. The maximum atomic E-state index is 12.4. The number of nitrogens with one attached hydrogen (secondary N) is 1. The second kappa shape index (κ2) is 10.8. The van der Waals surface area contributed by atoms with Crippen LogP contribution in [0, 0.1) is 6.92 Å². The van der Waals surface area contributed by atoms with Gasteiger partial charge in [-0.15, -0.1) is 0 Å². The Morgan fingerprint density at radius 2 is 1.79 bits per heavy atom. The van der Waals surface area contributed by atoms with Crippen molar-refractivity contribution in [2.45, 2.75) is 18.2 Å². The second-order valence-corrected chi connectivity index (χ2v) is 12.2. The first-order valence-corrected chi connectivity index (χ1v) is 14.2. The summed E-state index contributed by atoms with van der Waals surface area (Å²) in [7, 11) is -3.51. The normalized spacial score (nSPS) is 15.1. The minimum absolute atomic E-state index is 0.0711. The van der Waals surface area contributed by atoms with E-state index in [0.717, 1.165) is 52.1 Å². The number of fused-ring (bicyclic) bond motifs is 1. The van der Waals surface area contributed by atoms with Crippen molar-refractivity contribution in [2.24, 2.45) is 0 Å². The first kappa shape index (κ1) is 25.2. The molecule has 34 heavy (non-hydrogen) atoms. The molecule has 2 aromatic carbocycles. The molecule has 1 aromatic heterocycles. The van der Waals surface area contributed by atoms with Crippen LogP contribution in [0.3, 0.4) is 0 Å². The molecule has 7 nitrogen and oxygen atoms in total. The van der Waals surface area contributed by atoms with Crippen molar-refractivity contribution in [1.29, 1.82) is 0 Å². The Labute approximate surface area is 213 Å². The predicted octanol–water partition coefficient (Wildman–Crippen LogP) is 4.01. The number of nitrogens with zero attached hydrogens (tertiary/aromatic N) is 3. The van der Waals surface area contributed by atoms with Gasteiger partial charge in [-0.3, -0.25) is 9.69 Å². The molecule has 1 saturated heterocycles. The number of carbonyl (C=O) groups excluding carboxylic acids is 1. The number of amides is 1. The van der Waals surface area contributed by atoms with Crippen molar-refractivity contribution in [3.63, 3.8) is 0 Å². The quantitative estimate of drug-likeness (QED) is 0.464. The Balaban J connectivity index is 1.19. The Morgan fingerprint density at radius 3 is 2.47 bits per heavy atom. The fourth-order valence-corrected chi connectivity index (χ4v) is 6.55. The van der Waals surface area contributed by atoms with Gasteiger partial charge in [0.15, 0.2) is 15.0 Å². The molecule has 0 spiro atoms. The van der Waals surface area contributed by atoms with Crippen molar-refractivity contribution >= 4 is 65.6 Å². The molecule has 2 heterocycles. The van der Waals surface area contributed by atoms with Gasteiger partial charge < -0.3 is 10.2 Å². The van der Waals surface area contributed by atoms with Crippen LogP contribution >= 0.6 is 34.5 Å². The van der Waals surface area contributed by atoms with Crippen LogP contribution < -0.4 is 10.2 Å². The molecule has 1 aliphatic rings. The van der Waals surface area contributed by atoms with Crippen molar-refractivity contribution in [2.75, 3.05) is 49.9 Å². The summed E-state index contributed by atoms with van der Waals surface area (Å²) < 4.78 is 25.8. The lowest BCUT2D eigenvalue weighted by atomic mass is 10.2. The van der Waals surface area contributed by atoms with Crippen molar-refractivity contribution < 1.29 is 13.2 Å². The number of halogens is 2. The molecule has 11 heteroatoms. The summed E-state index contributed by atoms with van der Waals surface area (Å²) in [6.07, 6.45) is -0.0711. The van der Waals surface area contributed by atoms with Gasteiger partial charge in [-0.2, -0.15) is 0 Å². The van der Waals surface area contributed by atoms with Gasteiger partial charge in [0.2, 0.25) is 5.91 Å². The number of hydrogen-bond donors (Lipinski definition) is 1. The van der Waals surface area contributed by atoms with E-state index in [4.69, 9.17) is 28.2 Å². The van der Waals surface area contributed by atoms with E-state index in [9.17, 15) is 13.2 Å². The fourth-order valence-electron chi connectivity index (χ4n) is 3.82. The van der Waals surface area contributed by atoms with E-state index in [1.54, 1.807) is 11.3 Å². The average Bonchev–Trinajstić information content (AvgIpc) is 3.28. The lowest BCUT2D eigenvalue weighted by molar-refractivity contribution is -0.120. The fraction of sp³-hybridized carbons (Fsp3) is 0.391. The zero-order chi connectivity index (χ0) is 24.3. The van der Waals surface area contributed by atoms with E-state index in [2.05, 4.69) is 15.1 Å². The topological polar surface area (TPSA) is 82.6 Å². The van der Waals surface area contributed by atoms with Crippen LogP contribution in [0.15, 0.2) is 41.3 Å². The maximum absolute atomic E-state index is 12.4. The molecular formula is C23H26Cl2N4O3S2. The minimum atomic E-state index is -3.51. The highest BCUT2D eigenvalue weighted by molar-refractivity contribution is 7.91. The van der Waals surface area contributed by atoms with Gasteiger partial charge in [-0.05, 0) is 42.8 Å². The molecule has 0 saturated carbocycles. The van der Waals surface area contributed by atoms with Gasteiger partial charge in [0.05, 0.1) is 25.9 Å². The molecule has 0 unspecified atom stereocenters. The van der Waals surface area contributed by atoms with E-state index in [1.165, 1.54) is 24.3 Å². The molecule has 4 rings (SSSR count). The number of anilines is 1. The van der Waals surface area contributed by atoms with E-state index in [0.29, 0.717) is 18.1 Å². The summed E-state index contributed by atoms with van der Waals surface area (Å²) in [6, 6.07) is 9.88. The number of piperazine rings is 1. The van der Waals surface area contributed by atoms with Crippen LogP contribution in [0.25, 0.3) is 10.2 Å². The first-order valence-electron chi connectivity index (χ1n) is 11.0. The number of carbonyl (C=O) groups is 1. The van der Waals surface area contributed by atoms with Crippen LogP contribution in [-0.4, -0.2) is 69.2 Å². The summed E-state index contributed by atoms with van der Waals surface area (Å²) in [5.41, 5.74) is 2.09. The highest BCUT2D eigenvalue weighted by atomic mass is 35.5. The Kier molecular flexibility index (Phi) is 7.99.